The first-order valence-corrected chi connectivity index (χ1v) is 6.16. The van der Waals surface area contributed by atoms with Crippen LogP contribution in [0.2, 0.25) is 0 Å². The van der Waals surface area contributed by atoms with Gasteiger partial charge in [0.25, 0.3) is 0 Å². The fourth-order valence-corrected chi connectivity index (χ4v) is 1.84. The van der Waals surface area contributed by atoms with Crippen molar-refractivity contribution in [3.05, 3.63) is 23.1 Å². The average molecular weight is 223 g/mol. The molecule has 0 aliphatic heterocycles. The quantitative estimate of drug-likeness (QED) is 0.717. The minimum absolute atomic E-state index is 0.134. The molecule has 0 atom stereocenters. The summed E-state index contributed by atoms with van der Waals surface area (Å²) in [6, 6.07) is 0. The van der Waals surface area contributed by atoms with Crippen LogP contribution in [0.4, 0.5) is 0 Å². The van der Waals surface area contributed by atoms with Crippen LogP contribution in [0.25, 0.3) is 0 Å². The summed E-state index contributed by atoms with van der Waals surface area (Å²) in [7, 11) is -3.20. The SMILES string of the molecule is C=CS(=O)(=O)CC(Cl)=CCC(C)C. The van der Waals surface area contributed by atoms with Crippen LogP contribution in [0.15, 0.2) is 23.1 Å². The maximum absolute atomic E-state index is 11.0. The zero-order chi connectivity index (χ0) is 10.5. The smallest absolute Gasteiger partial charge is 0.176 e. The number of halogens is 1. The van der Waals surface area contributed by atoms with Crippen LogP contribution in [0, 0.1) is 5.92 Å². The number of hydrogen-bond acceptors (Lipinski definition) is 2. The Bertz CT molecular complexity index is 289. The molecule has 0 rings (SSSR count). The number of allylic oxidation sites excluding steroid dienone is 1. The van der Waals surface area contributed by atoms with Gasteiger partial charge in [-0.2, -0.15) is 0 Å². The Balaban J connectivity index is 4.23. The summed E-state index contributed by atoms with van der Waals surface area (Å²) < 4.78 is 22.0. The summed E-state index contributed by atoms with van der Waals surface area (Å²) >= 11 is 5.72. The van der Waals surface area contributed by atoms with Gasteiger partial charge < -0.3 is 0 Å². The van der Waals surface area contributed by atoms with Gasteiger partial charge in [0.1, 0.15) is 0 Å². The summed E-state index contributed by atoms with van der Waals surface area (Å²) in [6.45, 7) is 7.30. The van der Waals surface area contributed by atoms with E-state index in [1.165, 1.54) is 0 Å². The Hall–Kier alpha value is -0.280. The maximum Gasteiger partial charge on any atom is 0.176 e. The van der Waals surface area contributed by atoms with E-state index in [1.807, 2.05) is 13.8 Å². The van der Waals surface area contributed by atoms with Crippen molar-refractivity contribution in [3.8, 4) is 0 Å². The van der Waals surface area contributed by atoms with E-state index in [0.29, 0.717) is 11.0 Å². The summed E-state index contributed by atoms with van der Waals surface area (Å²) in [4.78, 5) is 0. The molecule has 0 radical (unpaired) electrons. The first kappa shape index (κ1) is 12.7. The van der Waals surface area contributed by atoms with Gasteiger partial charge in [0.05, 0.1) is 5.75 Å². The molecule has 0 aliphatic carbocycles. The molecule has 2 nitrogen and oxygen atoms in total. The predicted octanol–water partition coefficient (Wildman–Crippen LogP) is 2.71. The second-order valence-corrected chi connectivity index (χ2v) is 5.69. The van der Waals surface area contributed by atoms with Crippen LogP contribution in [-0.2, 0) is 9.84 Å². The Labute approximate surface area is 85.2 Å². The van der Waals surface area contributed by atoms with Gasteiger partial charge >= 0.3 is 0 Å². The van der Waals surface area contributed by atoms with Gasteiger partial charge in [-0.15, -0.1) is 0 Å². The van der Waals surface area contributed by atoms with Gasteiger partial charge in [0, 0.05) is 10.4 Å². The van der Waals surface area contributed by atoms with E-state index in [1.54, 1.807) is 6.08 Å². The van der Waals surface area contributed by atoms with Crippen molar-refractivity contribution in [1.29, 1.82) is 0 Å². The molecule has 76 valence electrons. The van der Waals surface area contributed by atoms with Crippen LogP contribution in [0.3, 0.4) is 0 Å². The minimum atomic E-state index is -3.20. The fourth-order valence-electron chi connectivity index (χ4n) is 0.674. The maximum atomic E-state index is 11.0. The van der Waals surface area contributed by atoms with Crippen molar-refractivity contribution < 1.29 is 8.42 Å². The molecule has 13 heavy (non-hydrogen) atoms. The first-order chi connectivity index (χ1) is 5.87. The molecule has 0 saturated carbocycles. The Kier molecular flexibility index (Phi) is 5.33. The number of hydrogen-bond donors (Lipinski definition) is 0. The summed E-state index contributed by atoms with van der Waals surface area (Å²) in [5, 5.41) is 1.30. The molecule has 0 fully saturated rings. The zero-order valence-corrected chi connectivity index (χ0v) is 9.53. The second kappa shape index (κ2) is 5.45. The van der Waals surface area contributed by atoms with Gasteiger partial charge in [0.15, 0.2) is 9.84 Å². The molecular formula is C9H15ClO2S. The van der Waals surface area contributed by atoms with Crippen molar-refractivity contribution in [2.45, 2.75) is 20.3 Å². The van der Waals surface area contributed by atoms with Crippen molar-refractivity contribution in [2.24, 2.45) is 5.92 Å². The largest absolute Gasteiger partial charge is 0.224 e. The van der Waals surface area contributed by atoms with Crippen LogP contribution in [-0.4, -0.2) is 14.2 Å². The van der Waals surface area contributed by atoms with E-state index < -0.39 is 9.84 Å². The highest BCUT2D eigenvalue weighted by Crippen LogP contribution is 2.11. The molecule has 0 unspecified atom stereocenters. The topological polar surface area (TPSA) is 34.1 Å². The van der Waals surface area contributed by atoms with Crippen LogP contribution >= 0.6 is 11.6 Å². The van der Waals surface area contributed by atoms with Gasteiger partial charge in [-0.05, 0) is 12.3 Å². The molecule has 0 heterocycles. The minimum Gasteiger partial charge on any atom is -0.224 e. The summed E-state index contributed by atoms with van der Waals surface area (Å²) in [6.07, 6.45) is 2.54. The Morgan fingerprint density at radius 2 is 2.08 bits per heavy atom. The lowest BCUT2D eigenvalue weighted by molar-refractivity contribution is 0.607. The molecule has 0 aliphatic rings. The lowest BCUT2D eigenvalue weighted by Crippen LogP contribution is -2.01. The molecule has 4 heteroatoms. The van der Waals surface area contributed by atoms with E-state index >= 15 is 0 Å². The van der Waals surface area contributed by atoms with E-state index in [0.717, 1.165) is 11.8 Å². The van der Waals surface area contributed by atoms with E-state index in [-0.39, 0.29) is 5.75 Å². The summed E-state index contributed by atoms with van der Waals surface area (Å²) in [5.74, 6) is 0.352. The molecule has 0 aromatic heterocycles. The molecule has 0 N–H and O–H groups in total. The lowest BCUT2D eigenvalue weighted by Gasteiger charge is -2.00. The van der Waals surface area contributed by atoms with Crippen molar-refractivity contribution in [3.63, 3.8) is 0 Å². The van der Waals surface area contributed by atoms with Gasteiger partial charge in [-0.1, -0.05) is 38.1 Å². The average Bonchev–Trinajstić information content (AvgIpc) is 2.00. The van der Waals surface area contributed by atoms with E-state index in [2.05, 4.69) is 6.58 Å². The van der Waals surface area contributed by atoms with E-state index in [4.69, 9.17) is 11.6 Å². The fraction of sp³-hybridized carbons (Fsp3) is 0.556. The zero-order valence-electron chi connectivity index (χ0n) is 7.96. The van der Waals surface area contributed by atoms with Crippen molar-refractivity contribution in [2.75, 3.05) is 5.75 Å². The normalized spacial score (nSPS) is 13.4. The monoisotopic (exact) mass is 222 g/mol. The highest BCUT2D eigenvalue weighted by atomic mass is 35.5. The van der Waals surface area contributed by atoms with Crippen molar-refractivity contribution in [1.82, 2.24) is 0 Å². The number of sulfone groups is 1. The molecule has 0 aromatic carbocycles. The molecular weight excluding hydrogens is 208 g/mol. The third-order valence-electron chi connectivity index (χ3n) is 1.40. The molecule has 0 spiro atoms. The molecule has 0 amide bonds. The molecule has 0 saturated heterocycles. The highest BCUT2D eigenvalue weighted by Gasteiger charge is 2.06. The van der Waals surface area contributed by atoms with Gasteiger partial charge in [-0.25, -0.2) is 8.42 Å². The predicted molar refractivity (Wildman–Crippen MR) is 57.4 cm³/mol. The van der Waals surface area contributed by atoms with Gasteiger partial charge in [0.2, 0.25) is 0 Å². The molecule has 0 bridgehead atoms. The lowest BCUT2D eigenvalue weighted by atomic mass is 10.1. The third-order valence-corrected chi connectivity index (χ3v) is 3.07. The Morgan fingerprint density at radius 1 is 1.54 bits per heavy atom. The van der Waals surface area contributed by atoms with Crippen LogP contribution < -0.4 is 0 Å². The summed E-state index contributed by atoms with van der Waals surface area (Å²) in [5.41, 5.74) is 0. The standard InChI is InChI=1S/C9H15ClO2S/c1-4-13(11,12)7-9(10)6-5-8(2)3/h4,6,8H,1,5,7H2,2-3H3. The third kappa shape index (κ3) is 6.84. The first-order valence-electron chi connectivity index (χ1n) is 4.07. The van der Waals surface area contributed by atoms with Gasteiger partial charge in [-0.3, -0.25) is 0 Å². The van der Waals surface area contributed by atoms with Crippen molar-refractivity contribution >= 4 is 21.4 Å². The van der Waals surface area contributed by atoms with Crippen LogP contribution in [0.1, 0.15) is 20.3 Å². The second-order valence-electron chi connectivity index (χ2n) is 3.25. The van der Waals surface area contributed by atoms with E-state index in [9.17, 15) is 8.42 Å². The van der Waals surface area contributed by atoms with Crippen LogP contribution in [0.5, 0.6) is 0 Å². The Morgan fingerprint density at radius 3 is 2.46 bits per heavy atom. The highest BCUT2D eigenvalue weighted by molar-refractivity contribution is 7.94. The molecule has 0 aromatic rings. The number of rotatable bonds is 5.